The Kier molecular flexibility index (Phi) is 5.53. The molecule has 1 aliphatic rings. The number of hydrogen-bond donors (Lipinski definition) is 1. The van der Waals surface area contributed by atoms with E-state index in [1.807, 2.05) is 31.2 Å². The number of amides is 1. The fourth-order valence-corrected chi connectivity index (χ4v) is 3.88. The van der Waals surface area contributed by atoms with Gasteiger partial charge in [-0.2, -0.15) is 5.10 Å². The molecule has 7 heteroatoms. The highest BCUT2D eigenvalue weighted by Crippen LogP contribution is 2.30. The minimum absolute atomic E-state index is 0.152. The number of fused-ring (bicyclic) bond motifs is 2. The minimum Gasteiger partial charge on any atom is -0.449 e. The van der Waals surface area contributed by atoms with Crippen molar-refractivity contribution in [2.75, 3.05) is 5.32 Å². The van der Waals surface area contributed by atoms with Crippen molar-refractivity contribution in [3.8, 4) is 0 Å². The van der Waals surface area contributed by atoms with E-state index >= 15 is 0 Å². The van der Waals surface area contributed by atoms with Crippen LogP contribution in [0.25, 0.3) is 10.9 Å². The topological polar surface area (TPSA) is 86.1 Å². The van der Waals surface area contributed by atoms with Gasteiger partial charge >= 0.3 is 5.97 Å². The monoisotopic (exact) mass is 406 g/mol. The Morgan fingerprint density at radius 3 is 2.80 bits per heavy atom. The van der Waals surface area contributed by atoms with E-state index < -0.39 is 12.1 Å². The summed E-state index contributed by atoms with van der Waals surface area (Å²) in [6.07, 6.45) is 4.21. The van der Waals surface area contributed by atoms with Crippen LogP contribution in [-0.4, -0.2) is 32.7 Å². The van der Waals surface area contributed by atoms with E-state index in [0.717, 1.165) is 47.8 Å². The van der Waals surface area contributed by atoms with Gasteiger partial charge in [0.05, 0.1) is 23.3 Å². The highest BCUT2D eigenvalue weighted by molar-refractivity contribution is 6.06. The number of benzene rings is 1. The van der Waals surface area contributed by atoms with Gasteiger partial charge in [0.2, 0.25) is 0 Å². The molecular formula is C23H26N4O3. The van der Waals surface area contributed by atoms with Gasteiger partial charge in [-0.05, 0) is 51.2 Å². The molecule has 1 aliphatic carbocycles. The Bertz CT molecular complexity index is 1110. The van der Waals surface area contributed by atoms with Gasteiger partial charge in [-0.3, -0.25) is 9.78 Å². The lowest BCUT2D eigenvalue weighted by atomic mass is 10.0. The van der Waals surface area contributed by atoms with Gasteiger partial charge in [0, 0.05) is 17.1 Å². The fraction of sp³-hybridized carbons (Fsp3) is 0.391. The van der Waals surface area contributed by atoms with Gasteiger partial charge < -0.3 is 10.1 Å². The minimum atomic E-state index is -0.943. The van der Waals surface area contributed by atoms with Crippen LogP contribution in [0.1, 0.15) is 61.3 Å². The van der Waals surface area contributed by atoms with E-state index in [0.29, 0.717) is 11.4 Å². The molecule has 0 saturated carbocycles. The summed E-state index contributed by atoms with van der Waals surface area (Å²) in [4.78, 5) is 30.5. The van der Waals surface area contributed by atoms with Crippen LogP contribution in [0, 0.1) is 0 Å². The molecule has 1 amide bonds. The molecule has 0 radical (unpaired) electrons. The first-order valence-electron chi connectivity index (χ1n) is 10.5. The summed E-state index contributed by atoms with van der Waals surface area (Å²) in [5.74, 6) is -0.277. The highest BCUT2D eigenvalue weighted by atomic mass is 16.5. The molecule has 2 heterocycles. The average molecular weight is 406 g/mol. The van der Waals surface area contributed by atoms with Gasteiger partial charge in [0.1, 0.15) is 5.82 Å². The van der Waals surface area contributed by atoms with Crippen molar-refractivity contribution >= 4 is 28.6 Å². The number of rotatable bonds is 6. The number of hydrogen-bond acceptors (Lipinski definition) is 5. The van der Waals surface area contributed by atoms with Crippen LogP contribution in [0.4, 0.5) is 5.82 Å². The predicted molar refractivity (Wildman–Crippen MR) is 115 cm³/mol. The van der Waals surface area contributed by atoms with Crippen LogP contribution in [0.2, 0.25) is 0 Å². The van der Waals surface area contributed by atoms with Crippen LogP contribution in [-0.2, 0) is 22.4 Å². The standard InChI is InChI=1S/C23H26N4O3/c1-4-14(2)27-20(12-13-24-27)26-22(28)15(3)30-23(29)21-16-8-5-6-10-18(16)25-19-11-7-9-17(19)21/h5-6,8,10,12-15H,4,7,9,11H2,1-3H3,(H,26,28)/t14-,15+/m1/s1. The molecule has 0 spiro atoms. The summed E-state index contributed by atoms with van der Waals surface area (Å²) >= 11 is 0. The van der Waals surface area contributed by atoms with E-state index in [1.54, 1.807) is 23.9 Å². The third kappa shape index (κ3) is 3.67. The Balaban J connectivity index is 1.55. The first-order chi connectivity index (χ1) is 14.5. The first kappa shape index (κ1) is 20.1. The van der Waals surface area contributed by atoms with Crippen LogP contribution in [0.15, 0.2) is 36.5 Å². The second-order valence-electron chi connectivity index (χ2n) is 7.74. The van der Waals surface area contributed by atoms with Gasteiger partial charge in [-0.15, -0.1) is 0 Å². The van der Waals surface area contributed by atoms with Crippen LogP contribution in [0.5, 0.6) is 0 Å². The summed E-state index contributed by atoms with van der Waals surface area (Å²) in [6.45, 7) is 5.67. The predicted octanol–water partition coefficient (Wildman–Crippen LogP) is 4.08. The fourth-order valence-electron chi connectivity index (χ4n) is 3.88. The van der Waals surface area contributed by atoms with Crippen molar-refractivity contribution < 1.29 is 14.3 Å². The van der Waals surface area contributed by atoms with Crippen molar-refractivity contribution in [1.82, 2.24) is 14.8 Å². The molecule has 0 bridgehead atoms. The summed E-state index contributed by atoms with van der Waals surface area (Å²) in [5.41, 5.74) is 3.22. The molecule has 30 heavy (non-hydrogen) atoms. The lowest BCUT2D eigenvalue weighted by Crippen LogP contribution is -2.31. The Morgan fingerprint density at radius 1 is 1.20 bits per heavy atom. The molecule has 1 N–H and O–H groups in total. The molecule has 0 aliphatic heterocycles. The Labute approximate surface area is 175 Å². The van der Waals surface area contributed by atoms with E-state index in [1.165, 1.54) is 0 Å². The molecule has 1 aromatic carbocycles. The van der Waals surface area contributed by atoms with E-state index in [2.05, 4.69) is 17.3 Å². The molecule has 0 saturated heterocycles. The maximum Gasteiger partial charge on any atom is 0.339 e. The second-order valence-corrected chi connectivity index (χ2v) is 7.74. The Hall–Kier alpha value is -3.22. The normalized spacial score (nSPS) is 14.9. The van der Waals surface area contributed by atoms with Crippen molar-refractivity contribution in [2.24, 2.45) is 0 Å². The largest absolute Gasteiger partial charge is 0.449 e. The van der Waals surface area contributed by atoms with E-state index in [4.69, 9.17) is 9.72 Å². The molecule has 7 nitrogen and oxygen atoms in total. The SMILES string of the molecule is CC[C@@H](C)n1nccc1NC(=O)[C@H](C)OC(=O)c1c2c(nc3ccccc13)CCC2. The zero-order valence-electron chi connectivity index (χ0n) is 17.5. The quantitative estimate of drug-likeness (QED) is 0.624. The lowest BCUT2D eigenvalue weighted by Gasteiger charge is -2.18. The van der Waals surface area contributed by atoms with Gasteiger partial charge in [-0.25, -0.2) is 9.48 Å². The highest BCUT2D eigenvalue weighted by Gasteiger charge is 2.27. The number of nitrogens with zero attached hydrogens (tertiary/aromatic N) is 3. The van der Waals surface area contributed by atoms with Crippen LogP contribution < -0.4 is 5.32 Å². The van der Waals surface area contributed by atoms with Crippen molar-refractivity contribution in [3.63, 3.8) is 0 Å². The Morgan fingerprint density at radius 2 is 2.00 bits per heavy atom. The van der Waals surface area contributed by atoms with Crippen LogP contribution >= 0.6 is 0 Å². The molecule has 0 fully saturated rings. The maximum atomic E-state index is 13.1. The molecule has 2 aromatic heterocycles. The number of anilines is 1. The number of carbonyl (C=O) groups excluding carboxylic acids is 2. The zero-order valence-corrected chi connectivity index (χ0v) is 17.5. The third-order valence-electron chi connectivity index (χ3n) is 5.71. The number of aromatic nitrogens is 3. The average Bonchev–Trinajstić information content (AvgIpc) is 3.40. The summed E-state index contributed by atoms with van der Waals surface area (Å²) in [5, 5.41) is 7.86. The number of aryl methyl sites for hydroxylation is 1. The molecule has 3 aromatic rings. The number of para-hydroxylation sites is 1. The summed E-state index contributed by atoms with van der Waals surface area (Å²) < 4.78 is 7.36. The van der Waals surface area contributed by atoms with Gasteiger partial charge in [0.25, 0.3) is 5.91 Å². The molecule has 4 rings (SSSR count). The maximum absolute atomic E-state index is 13.1. The summed E-state index contributed by atoms with van der Waals surface area (Å²) in [6, 6.07) is 9.46. The number of carbonyl (C=O) groups is 2. The van der Waals surface area contributed by atoms with Crippen molar-refractivity contribution in [1.29, 1.82) is 0 Å². The smallest absolute Gasteiger partial charge is 0.339 e. The summed E-state index contributed by atoms with van der Waals surface area (Å²) in [7, 11) is 0. The number of nitrogens with one attached hydrogen (secondary N) is 1. The molecule has 2 atom stereocenters. The van der Waals surface area contributed by atoms with Gasteiger partial charge in [0.15, 0.2) is 6.10 Å². The number of esters is 1. The van der Waals surface area contributed by atoms with E-state index in [-0.39, 0.29) is 11.9 Å². The van der Waals surface area contributed by atoms with Crippen molar-refractivity contribution in [3.05, 3.63) is 53.3 Å². The van der Waals surface area contributed by atoms with Gasteiger partial charge in [-0.1, -0.05) is 25.1 Å². The molecular weight excluding hydrogens is 380 g/mol. The number of ether oxygens (including phenoxy) is 1. The van der Waals surface area contributed by atoms with Crippen LogP contribution in [0.3, 0.4) is 0 Å². The van der Waals surface area contributed by atoms with E-state index in [9.17, 15) is 9.59 Å². The first-order valence-corrected chi connectivity index (χ1v) is 10.5. The molecule has 156 valence electrons. The van der Waals surface area contributed by atoms with Crippen molar-refractivity contribution in [2.45, 2.75) is 58.6 Å². The zero-order chi connectivity index (χ0) is 21.3. The second kappa shape index (κ2) is 8.26. The molecule has 0 unspecified atom stereocenters. The number of pyridine rings is 1. The third-order valence-corrected chi connectivity index (χ3v) is 5.71. The lowest BCUT2D eigenvalue weighted by molar-refractivity contribution is -0.123.